The minimum Gasteiger partial charge on any atom is -0.505 e. The van der Waals surface area contributed by atoms with E-state index in [-0.39, 0.29) is 17.5 Å². The maximum absolute atomic E-state index is 14.6. The van der Waals surface area contributed by atoms with Crippen molar-refractivity contribution in [3.63, 3.8) is 0 Å². The molecule has 1 rings (SSSR count). The zero-order valence-corrected chi connectivity index (χ0v) is 32.4. The molecule has 7 atom stereocenters. The molecule has 0 bridgehead atoms. The number of aliphatic hydroxyl groups is 4. The van der Waals surface area contributed by atoms with Crippen molar-refractivity contribution in [2.75, 3.05) is 6.61 Å². The van der Waals surface area contributed by atoms with Crippen LogP contribution in [-0.4, -0.2) is 57.3 Å². The van der Waals surface area contributed by atoms with Gasteiger partial charge in [0, 0.05) is 0 Å². The third-order valence-electron chi connectivity index (χ3n) is 10.6. The van der Waals surface area contributed by atoms with Crippen molar-refractivity contribution >= 4 is 11.9 Å². The van der Waals surface area contributed by atoms with Gasteiger partial charge in [-0.15, -0.1) is 0 Å². The molecule has 0 saturated carbocycles. The molecule has 0 aromatic rings. The Morgan fingerprint density at radius 1 is 0.729 bits per heavy atom. The number of hydrogen-bond acceptors (Lipinski definition) is 8. The Morgan fingerprint density at radius 3 is 1.67 bits per heavy atom. The molecule has 0 aromatic heterocycles. The van der Waals surface area contributed by atoms with Gasteiger partial charge in [0.1, 0.15) is 6.10 Å². The molecule has 8 heteroatoms. The topological polar surface area (TPSA) is 134 Å². The smallest absolute Gasteiger partial charge is 0.377 e. The number of carbonyl (C=O) groups excluding carboxylic acids is 2. The van der Waals surface area contributed by atoms with Crippen LogP contribution in [0.2, 0.25) is 0 Å². The van der Waals surface area contributed by atoms with E-state index < -0.39 is 36.3 Å². The fourth-order valence-electron chi connectivity index (χ4n) is 7.62. The van der Waals surface area contributed by atoms with E-state index in [9.17, 15) is 9.59 Å². The Hall–Kier alpha value is -1.80. The number of hydrogen-bond donors (Lipinski definition) is 4. The van der Waals surface area contributed by atoms with E-state index in [0.717, 1.165) is 32.1 Å². The molecule has 1 aliphatic rings. The van der Waals surface area contributed by atoms with Gasteiger partial charge in [0.2, 0.25) is 5.76 Å². The van der Waals surface area contributed by atoms with Crippen LogP contribution in [0.25, 0.3) is 0 Å². The molecule has 0 saturated heterocycles. The monoisotopic (exact) mass is 685 g/mol. The van der Waals surface area contributed by atoms with Gasteiger partial charge < -0.3 is 29.9 Å². The molecule has 5 unspecified atom stereocenters. The second-order valence-corrected chi connectivity index (χ2v) is 14.6. The molecule has 0 spiro atoms. The highest BCUT2D eigenvalue weighted by atomic mass is 16.6. The van der Waals surface area contributed by atoms with Gasteiger partial charge in [-0.05, 0) is 56.3 Å². The Labute approximate surface area is 294 Å². The van der Waals surface area contributed by atoms with Crippen LogP contribution >= 0.6 is 0 Å². The summed E-state index contributed by atoms with van der Waals surface area (Å²) in [4.78, 5) is 25.1. The Bertz CT molecular complexity index is 872. The predicted molar refractivity (Wildman–Crippen MR) is 196 cm³/mol. The largest absolute Gasteiger partial charge is 0.505 e. The van der Waals surface area contributed by atoms with Crippen molar-refractivity contribution in [1.29, 1.82) is 0 Å². The van der Waals surface area contributed by atoms with Gasteiger partial charge in [0.15, 0.2) is 11.9 Å². The third-order valence-corrected chi connectivity index (χ3v) is 10.6. The normalized spacial score (nSPS) is 19.7. The first-order valence-corrected chi connectivity index (χ1v) is 19.7. The van der Waals surface area contributed by atoms with Crippen molar-refractivity contribution in [2.45, 2.75) is 196 Å². The molecular weight excluding hydrogens is 608 g/mol. The summed E-state index contributed by atoms with van der Waals surface area (Å²) < 4.78 is 10.8. The summed E-state index contributed by atoms with van der Waals surface area (Å²) >= 11 is 0. The van der Waals surface area contributed by atoms with E-state index in [4.69, 9.17) is 25.2 Å². The standard InChI is InChI=1S/C34H68O2.C6H8O6/c1-10-15-20-21-22-27-32(28(6)23-16-11-2)34(29(7)24-17-12-3,30(8)25-18-13-4)33(35)36-31(9)26-19-14-5;7-1-2(8)5-3(9)4(10)6(11)12-5/h28-32H,10-27H2,1-9H3;2,5,7-10H,1H2/t;2-,5+/m.0/s1. The maximum atomic E-state index is 14.6. The highest BCUT2D eigenvalue weighted by molar-refractivity contribution is 5.89. The molecule has 0 fully saturated rings. The van der Waals surface area contributed by atoms with Crippen LogP contribution in [0.1, 0.15) is 178 Å². The van der Waals surface area contributed by atoms with E-state index in [1.807, 2.05) is 0 Å². The van der Waals surface area contributed by atoms with Gasteiger partial charge in [-0.3, -0.25) is 4.79 Å². The van der Waals surface area contributed by atoms with Crippen molar-refractivity contribution in [3.8, 4) is 0 Å². The summed E-state index contributed by atoms with van der Waals surface area (Å²) in [7, 11) is 0. The zero-order valence-electron chi connectivity index (χ0n) is 32.4. The van der Waals surface area contributed by atoms with Gasteiger partial charge in [0.05, 0.1) is 18.1 Å². The summed E-state index contributed by atoms with van der Waals surface area (Å²) in [6.07, 6.45) is 19.0. The second-order valence-electron chi connectivity index (χ2n) is 14.6. The highest BCUT2D eigenvalue weighted by Crippen LogP contribution is 2.53. The van der Waals surface area contributed by atoms with Crippen LogP contribution < -0.4 is 0 Å². The lowest BCUT2D eigenvalue weighted by atomic mass is 9.54. The summed E-state index contributed by atoms with van der Waals surface area (Å²) in [5, 5.41) is 35.0. The van der Waals surface area contributed by atoms with E-state index in [1.54, 1.807) is 0 Å². The molecule has 284 valence electrons. The van der Waals surface area contributed by atoms with Gasteiger partial charge in [-0.1, -0.05) is 145 Å². The average molecular weight is 685 g/mol. The van der Waals surface area contributed by atoms with Crippen molar-refractivity contribution in [1.82, 2.24) is 0 Å². The average Bonchev–Trinajstić information content (AvgIpc) is 3.33. The molecule has 1 heterocycles. The lowest BCUT2D eigenvalue weighted by molar-refractivity contribution is -0.179. The van der Waals surface area contributed by atoms with Crippen LogP contribution in [0.3, 0.4) is 0 Å². The molecule has 0 radical (unpaired) electrons. The fourth-order valence-corrected chi connectivity index (χ4v) is 7.62. The predicted octanol–water partition coefficient (Wildman–Crippen LogP) is 10.1. The number of carbonyl (C=O) groups is 2. The van der Waals surface area contributed by atoms with Gasteiger partial charge in [0.25, 0.3) is 0 Å². The molecule has 1 aliphatic heterocycles. The molecular formula is C40H76O8. The van der Waals surface area contributed by atoms with Gasteiger partial charge in [-0.25, -0.2) is 4.79 Å². The number of esters is 2. The van der Waals surface area contributed by atoms with Gasteiger partial charge in [-0.2, -0.15) is 0 Å². The fraction of sp³-hybridized carbons (Fsp3) is 0.900. The summed E-state index contributed by atoms with van der Waals surface area (Å²) in [5.41, 5.74) is -0.372. The summed E-state index contributed by atoms with van der Waals surface area (Å²) in [6, 6.07) is 0. The molecule has 48 heavy (non-hydrogen) atoms. The SMILES string of the molecule is CCCCCCCC(C(C)CCCC)C(C(=O)OC(C)CCCC)(C(C)CCCC)C(C)CCCC.O=C1O[C@H]([C@@H](O)CO)C(O)=C1O. The minimum absolute atomic E-state index is 0.0183. The number of unbranched alkanes of at least 4 members (excludes halogenated alkanes) is 8. The van der Waals surface area contributed by atoms with Crippen LogP contribution in [0.5, 0.6) is 0 Å². The minimum atomic E-state index is -1.42. The number of cyclic esters (lactones) is 1. The van der Waals surface area contributed by atoms with Crippen molar-refractivity contribution in [3.05, 3.63) is 11.5 Å². The highest BCUT2D eigenvalue weighted by Gasteiger charge is 2.55. The zero-order chi connectivity index (χ0) is 36.7. The van der Waals surface area contributed by atoms with E-state index in [0.29, 0.717) is 23.7 Å². The Kier molecular flexibility index (Phi) is 25.1. The summed E-state index contributed by atoms with van der Waals surface area (Å²) in [5.74, 6) is -0.933. The number of ether oxygens (including phenoxy) is 2. The summed E-state index contributed by atoms with van der Waals surface area (Å²) in [6.45, 7) is 20.1. The van der Waals surface area contributed by atoms with E-state index in [2.05, 4.69) is 67.1 Å². The van der Waals surface area contributed by atoms with Crippen molar-refractivity contribution < 1.29 is 39.5 Å². The van der Waals surface area contributed by atoms with Crippen molar-refractivity contribution in [2.24, 2.45) is 29.1 Å². The first kappa shape index (κ1) is 46.2. The third kappa shape index (κ3) is 14.6. The van der Waals surface area contributed by atoms with Crippen LogP contribution in [-0.2, 0) is 19.1 Å². The van der Waals surface area contributed by atoms with Crippen LogP contribution in [0.15, 0.2) is 11.5 Å². The number of rotatable bonds is 26. The van der Waals surface area contributed by atoms with E-state index in [1.165, 1.54) is 83.5 Å². The molecule has 0 aliphatic carbocycles. The Morgan fingerprint density at radius 2 is 1.21 bits per heavy atom. The number of aliphatic hydroxyl groups excluding tert-OH is 4. The lowest BCUT2D eigenvalue weighted by Gasteiger charge is -2.50. The quantitative estimate of drug-likeness (QED) is 0.0522. The maximum Gasteiger partial charge on any atom is 0.377 e. The molecule has 0 amide bonds. The molecule has 4 N–H and O–H groups in total. The first-order chi connectivity index (χ1) is 22.8. The van der Waals surface area contributed by atoms with Gasteiger partial charge >= 0.3 is 11.9 Å². The second kappa shape index (κ2) is 26.1. The van der Waals surface area contributed by atoms with E-state index >= 15 is 0 Å². The van der Waals surface area contributed by atoms with Crippen LogP contribution in [0.4, 0.5) is 0 Å². The Balaban J connectivity index is 0.00000153. The molecule has 8 nitrogen and oxygen atoms in total. The van der Waals surface area contributed by atoms with Crippen LogP contribution in [0, 0.1) is 29.1 Å². The first-order valence-electron chi connectivity index (χ1n) is 19.7. The molecule has 0 aromatic carbocycles. The lowest BCUT2D eigenvalue weighted by Crippen LogP contribution is -2.52.